The van der Waals surface area contributed by atoms with E-state index in [-0.39, 0.29) is 11.9 Å². The second-order valence-electron chi connectivity index (χ2n) is 7.08. The average Bonchev–Trinajstić information content (AvgIpc) is 3.36. The third-order valence-electron chi connectivity index (χ3n) is 5.47. The zero-order chi connectivity index (χ0) is 18.8. The van der Waals surface area contributed by atoms with E-state index in [1.165, 1.54) is 5.56 Å². The Bertz CT molecular complexity index is 848. The maximum atomic E-state index is 13.0. The molecule has 2 aromatic carbocycles. The van der Waals surface area contributed by atoms with Crippen molar-refractivity contribution in [2.75, 3.05) is 27.4 Å². The fourth-order valence-electron chi connectivity index (χ4n) is 4.10. The number of benzene rings is 2. The van der Waals surface area contributed by atoms with E-state index in [1.54, 1.807) is 14.2 Å². The number of likely N-dealkylation sites (tertiary alicyclic amines) is 1. The molecule has 2 aromatic rings. The highest BCUT2D eigenvalue weighted by atomic mass is 16.5. The topological polar surface area (TPSA) is 48.0 Å². The van der Waals surface area contributed by atoms with Gasteiger partial charge in [-0.3, -0.25) is 4.79 Å². The fraction of sp³-hybridized carbons (Fsp3) is 0.409. The van der Waals surface area contributed by atoms with E-state index in [1.807, 2.05) is 35.2 Å². The van der Waals surface area contributed by atoms with Crippen LogP contribution in [0.1, 0.15) is 35.6 Å². The molecule has 0 aliphatic carbocycles. The quantitative estimate of drug-likeness (QED) is 0.811. The highest BCUT2D eigenvalue weighted by molar-refractivity contribution is 5.79. The molecule has 0 bridgehead atoms. The number of amides is 1. The van der Waals surface area contributed by atoms with Gasteiger partial charge in [0.25, 0.3) is 0 Å². The van der Waals surface area contributed by atoms with Gasteiger partial charge in [0.1, 0.15) is 5.75 Å². The van der Waals surface area contributed by atoms with Gasteiger partial charge in [0.05, 0.1) is 33.3 Å². The van der Waals surface area contributed by atoms with Crippen molar-refractivity contribution < 1.29 is 19.0 Å². The fourth-order valence-corrected chi connectivity index (χ4v) is 4.10. The lowest BCUT2D eigenvalue weighted by molar-refractivity contribution is -0.131. The number of methoxy groups -OCH3 is 2. The van der Waals surface area contributed by atoms with Crippen LogP contribution < -0.4 is 14.2 Å². The third kappa shape index (κ3) is 3.46. The predicted molar refractivity (Wildman–Crippen MR) is 103 cm³/mol. The molecule has 27 heavy (non-hydrogen) atoms. The molecule has 1 fully saturated rings. The van der Waals surface area contributed by atoms with Crippen LogP contribution in [-0.2, 0) is 17.6 Å². The van der Waals surface area contributed by atoms with Crippen LogP contribution in [0.15, 0.2) is 36.4 Å². The lowest BCUT2D eigenvalue weighted by Crippen LogP contribution is -2.31. The number of carbonyl (C=O) groups is 1. The maximum Gasteiger partial charge on any atom is 0.227 e. The van der Waals surface area contributed by atoms with E-state index in [0.29, 0.717) is 17.9 Å². The van der Waals surface area contributed by atoms with Gasteiger partial charge in [-0.1, -0.05) is 18.2 Å². The molecule has 1 unspecified atom stereocenters. The molecule has 5 nitrogen and oxygen atoms in total. The van der Waals surface area contributed by atoms with Gasteiger partial charge < -0.3 is 19.1 Å². The molecule has 1 atom stereocenters. The summed E-state index contributed by atoms with van der Waals surface area (Å²) in [6.45, 7) is 1.53. The Morgan fingerprint density at radius 3 is 2.81 bits per heavy atom. The van der Waals surface area contributed by atoms with Crippen molar-refractivity contribution in [2.45, 2.75) is 31.7 Å². The van der Waals surface area contributed by atoms with Gasteiger partial charge in [-0.15, -0.1) is 0 Å². The largest absolute Gasteiger partial charge is 0.493 e. The summed E-state index contributed by atoms with van der Waals surface area (Å²) >= 11 is 0. The van der Waals surface area contributed by atoms with Crippen molar-refractivity contribution in [1.29, 1.82) is 0 Å². The Morgan fingerprint density at radius 1 is 1.15 bits per heavy atom. The number of ether oxygens (including phenoxy) is 3. The highest BCUT2D eigenvalue weighted by Gasteiger charge is 2.30. The Morgan fingerprint density at radius 2 is 2.00 bits per heavy atom. The molecule has 1 amide bonds. The van der Waals surface area contributed by atoms with Crippen LogP contribution in [0, 0.1) is 0 Å². The zero-order valence-electron chi connectivity index (χ0n) is 15.9. The molecule has 0 radical (unpaired) electrons. The van der Waals surface area contributed by atoms with Crippen molar-refractivity contribution in [3.63, 3.8) is 0 Å². The van der Waals surface area contributed by atoms with Crippen molar-refractivity contribution in [3.8, 4) is 17.2 Å². The minimum Gasteiger partial charge on any atom is -0.493 e. The number of fused-ring (bicyclic) bond motifs is 1. The minimum absolute atomic E-state index is 0.0927. The van der Waals surface area contributed by atoms with Gasteiger partial charge in [0.2, 0.25) is 5.91 Å². The van der Waals surface area contributed by atoms with Crippen LogP contribution in [0.25, 0.3) is 0 Å². The normalized spacial score (nSPS) is 18.1. The summed E-state index contributed by atoms with van der Waals surface area (Å²) in [5, 5.41) is 0. The molecule has 5 heteroatoms. The molecular formula is C22H25NO4. The second kappa shape index (κ2) is 7.51. The van der Waals surface area contributed by atoms with Crippen molar-refractivity contribution in [3.05, 3.63) is 53.1 Å². The summed E-state index contributed by atoms with van der Waals surface area (Å²) in [7, 11) is 3.27. The number of carbonyl (C=O) groups excluding carboxylic acids is 1. The molecule has 0 saturated carbocycles. The number of rotatable bonds is 5. The van der Waals surface area contributed by atoms with Gasteiger partial charge in [-0.2, -0.15) is 0 Å². The second-order valence-corrected chi connectivity index (χ2v) is 7.08. The first-order chi connectivity index (χ1) is 13.2. The van der Waals surface area contributed by atoms with Gasteiger partial charge >= 0.3 is 0 Å². The number of hydrogen-bond acceptors (Lipinski definition) is 4. The Kier molecular flexibility index (Phi) is 4.92. The first kappa shape index (κ1) is 17.7. The summed E-state index contributed by atoms with van der Waals surface area (Å²) in [5.74, 6) is 2.53. The average molecular weight is 367 g/mol. The molecule has 1 saturated heterocycles. The zero-order valence-corrected chi connectivity index (χ0v) is 15.9. The molecule has 142 valence electrons. The lowest BCUT2D eigenvalue weighted by Gasteiger charge is -2.26. The van der Waals surface area contributed by atoms with Crippen LogP contribution in [-0.4, -0.2) is 38.2 Å². The minimum atomic E-state index is 0.0927. The van der Waals surface area contributed by atoms with E-state index in [2.05, 4.69) is 6.07 Å². The Balaban J connectivity index is 1.51. The first-order valence-corrected chi connectivity index (χ1v) is 9.45. The molecule has 0 aromatic heterocycles. The van der Waals surface area contributed by atoms with Crippen molar-refractivity contribution in [1.82, 2.24) is 4.90 Å². The Hall–Kier alpha value is -2.69. The molecule has 2 aliphatic heterocycles. The summed E-state index contributed by atoms with van der Waals surface area (Å²) in [6, 6.07) is 12.1. The van der Waals surface area contributed by atoms with Gasteiger partial charge in [0, 0.05) is 13.0 Å². The van der Waals surface area contributed by atoms with Crippen LogP contribution in [0.2, 0.25) is 0 Å². The standard InChI is InChI=1S/C22H25NO4/c1-25-20-8-6-16(14-21(20)26-2)18-4-3-10-23(18)22(24)13-15-5-7-19-17(12-15)9-11-27-19/h5-8,12,14,18H,3-4,9-11,13H2,1-2H3. The van der Waals surface area contributed by atoms with Gasteiger partial charge in [0.15, 0.2) is 11.5 Å². The smallest absolute Gasteiger partial charge is 0.227 e. The van der Waals surface area contributed by atoms with Gasteiger partial charge in [-0.25, -0.2) is 0 Å². The SMILES string of the molecule is COc1ccc(C2CCCN2C(=O)Cc2ccc3c(c2)CCO3)cc1OC. The number of hydrogen-bond donors (Lipinski definition) is 0. The molecular weight excluding hydrogens is 342 g/mol. The number of nitrogens with zero attached hydrogens (tertiary/aromatic N) is 1. The summed E-state index contributed by atoms with van der Waals surface area (Å²) < 4.78 is 16.3. The molecule has 0 spiro atoms. The first-order valence-electron chi connectivity index (χ1n) is 9.45. The monoisotopic (exact) mass is 367 g/mol. The summed E-state index contributed by atoms with van der Waals surface area (Å²) in [6.07, 6.45) is 3.34. The van der Waals surface area contributed by atoms with E-state index < -0.39 is 0 Å². The van der Waals surface area contributed by atoms with Crippen molar-refractivity contribution in [2.24, 2.45) is 0 Å². The van der Waals surface area contributed by atoms with Crippen molar-refractivity contribution >= 4 is 5.91 Å². The van der Waals surface area contributed by atoms with E-state index in [9.17, 15) is 4.79 Å². The van der Waals surface area contributed by atoms with Crippen LogP contribution in [0.3, 0.4) is 0 Å². The van der Waals surface area contributed by atoms with Crippen LogP contribution in [0.5, 0.6) is 17.2 Å². The molecule has 4 rings (SSSR count). The van der Waals surface area contributed by atoms with Crippen LogP contribution >= 0.6 is 0 Å². The van der Waals surface area contributed by atoms with E-state index in [4.69, 9.17) is 14.2 Å². The summed E-state index contributed by atoms with van der Waals surface area (Å²) in [4.78, 5) is 15.0. The third-order valence-corrected chi connectivity index (χ3v) is 5.47. The molecule has 2 aliphatic rings. The highest BCUT2D eigenvalue weighted by Crippen LogP contribution is 2.37. The molecule has 0 N–H and O–H groups in total. The Labute approximate surface area is 159 Å². The lowest BCUT2D eigenvalue weighted by atomic mass is 10.0. The van der Waals surface area contributed by atoms with E-state index in [0.717, 1.165) is 49.3 Å². The molecule has 2 heterocycles. The van der Waals surface area contributed by atoms with Gasteiger partial charge in [-0.05, 0) is 47.7 Å². The predicted octanol–water partition coefficient (Wildman–Crippen LogP) is 3.54. The summed E-state index contributed by atoms with van der Waals surface area (Å²) in [5.41, 5.74) is 3.36. The van der Waals surface area contributed by atoms with Crippen LogP contribution in [0.4, 0.5) is 0 Å². The maximum absolute atomic E-state index is 13.0. The van der Waals surface area contributed by atoms with E-state index >= 15 is 0 Å².